The van der Waals surface area contributed by atoms with Crippen molar-refractivity contribution in [3.63, 3.8) is 0 Å². The second-order valence-corrected chi connectivity index (χ2v) is 12.7. The number of hydrogen-bond donors (Lipinski definition) is 5. The van der Waals surface area contributed by atoms with Crippen LogP contribution in [0.5, 0.6) is 0 Å². The van der Waals surface area contributed by atoms with Crippen molar-refractivity contribution < 1.29 is 68.2 Å². The fourth-order valence-corrected chi connectivity index (χ4v) is 7.84. The number of aliphatic hydroxyl groups excluding tert-OH is 2. The molecule has 2 fully saturated rings. The highest BCUT2D eigenvalue weighted by atomic mass is 19.1. The molecule has 5 N–H and O–H groups in total. The van der Waals surface area contributed by atoms with E-state index in [-0.39, 0.29) is 37.9 Å². The normalized spacial score (nSPS) is 36.7. The number of alkyl halides is 1. The summed E-state index contributed by atoms with van der Waals surface area (Å²) in [5, 5.41) is 54.5. The topological polar surface area (TPSA) is 249 Å². The third-order valence-corrected chi connectivity index (χ3v) is 10.3. The zero-order valence-electron chi connectivity index (χ0n) is 25.2. The van der Waals surface area contributed by atoms with E-state index in [0.717, 1.165) is 0 Å². The monoisotopic (exact) mass is 656 g/mol. The van der Waals surface area contributed by atoms with Crippen molar-refractivity contribution in [2.45, 2.75) is 81.9 Å². The fourth-order valence-electron chi connectivity index (χ4n) is 7.84. The van der Waals surface area contributed by atoms with Crippen molar-refractivity contribution in [1.82, 2.24) is 5.32 Å². The van der Waals surface area contributed by atoms with E-state index >= 15 is 4.39 Å². The van der Waals surface area contributed by atoms with Crippen LogP contribution in [0.4, 0.5) is 9.18 Å². The predicted octanol–water partition coefficient (Wildman–Crippen LogP) is 0.339. The number of carboxylic acids is 1. The van der Waals surface area contributed by atoms with E-state index in [1.807, 2.05) is 5.32 Å². The maximum atomic E-state index is 17.2. The molecule has 0 bridgehead atoms. The van der Waals surface area contributed by atoms with Crippen LogP contribution in [0.25, 0.3) is 0 Å². The van der Waals surface area contributed by atoms with E-state index in [9.17, 15) is 54.5 Å². The van der Waals surface area contributed by atoms with E-state index in [1.54, 1.807) is 13.0 Å². The molecule has 254 valence electrons. The number of halogens is 1. The number of carbonyl (C=O) groups is 5. The van der Waals surface area contributed by atoms with Gasteiger partial charge in [0, 0.05) is 29.6 Å². The van der Waals surface area contributed by atoms with Gasteiger partial charge in [0.2, 0.25) is 5.78 Å². The second kappa shape index (κ2) is 12.7. The number of carbonyl (C=O) groups excluding carboxylic acids is 4. The molecule has 0 saturated heterocycles. The van der Waals surface area contributed by atoms with Crippen LogP contribution in [0.15, 0.2) is 23.8 Å². The summed E-state index contributed by atoms with van der Waals surface area (Å²) >= 11 is 0. The molecule has 2 saturated carbocycles. The maximum absolute atomic E-state index is 17.2. The van der Waals surface area contributed by atoms with Gasteiger partial charge in [-0.1, -0.05) is 24.6 Å². The van der Waals surface area contributed by atoms with Gasteiger partial charge >= 0.3 is 18.0 Å². The van der Waals surface area contributed by atoms with Gasteiger partial charge in [-0.2, -0.15) is 0 Å². The highest BCUT2D eigenvalue weighted by Gasteiger charge is 2.76. The number of ether oxygens (including phenoxy) is 2. The standard InChI is InChI=1S/C29H37FN2O14/c1-26-8-7-16(33)10-15(26)5-6-17-18-11-20(34)29(41,27(18,2)12-21(35)28(17,26)30)22(36)14-45-25(40)31-19(24(38)39)13-44-23(37)4-3-9-46-32(42)43/h5,7-8,17-21,34-35,41H,3-4,6,9-14H2,1-2H3,(H,31,40)(H,38,39)/t17-,18-,19?,20+,21-,26-,27-,28-,29-/m0/s1. The number of carboxylic acid groups (broad SMARTS) is 1. The third kappa shape index (κ3) is 5.75. The van der Waals surface area contributed by atoms with Gasteiger partial charge in [0.25, 0.3) is 5.09 Å². The maximum Gasteiger partial charge on any atom is 0.408 e. The lowest BCUT2D eigenvalue weighted by Gasteiger charge is -2.61. The molecular formula is C29H37FN2O14. The van der Waals surface area contributed by atoms with Crippen molar-refractivity contribution in [2.24, 2.45) is 22.7 Å². The molecule has 0 spiro atoms. The third-order valence-electron chi connectivity index (χ3n) is 10.3. The van der Waals surface area contributed by atoms with E-state index in [2.05, 4.69) is 4.84 Å². The summed E-state index contributed by atoms with van der Waals surface area (Å²) in [6.07, 6.45) is -1.40. The van der Waals surface area contributed by atoms with Gasteiger partial charge in [-0.3, -0.25) is 14.4 Å². The Hall–Kier alpha value is -3.96. The Labute approximate surface area is 261 Å². The molecule has 4 aliphatic carbocycles. The first-order valence-electron chi connectivity index (χ1n) is 14.7. The lowest BCUT2D eigenvalue weighted by Crippen LogP contribution is -2.69. The average molecular weight is 657 g/mol. The van der Waals surface area contributed by atoms with Crippen LogP contribution in [0.3, 0.4) is 0 Å². The van der Waals surface area contributed by atoms with Crippen molar-refractivity contribution in [3.05, 3.63) is 33.9 Å². The van der Waals surface area contributed by atoms with Crippen LogP contribution < -0.4 is 5.32 Å². The average Bonchev–Trinajstić information content (AvgIpc) is 3.18. The fraction of sp³-hybridized carbons (Fsp3) is 0.690. The highest BCUT2D eigenvalue weighted by Crippen LogP contribution is 2.69. The van der Waals surface area contributed by atoms with Gasteiger partial charge in [-0.15, -0.1) is 10.1 Å². The Morgan fingerprint density at radius 3 is 2.52 bits per heavy atom. The number of aliphatic hydroxyl groups is 3. The van der Waals surface area contributed by atoms with Gasteiger partial charge in [-0.25, -0.2) is 14.0 Å². The number of amides is 1. The van der Waals surface area contributed by atoms with Crippen LogP contribution in [-0.2, 0) is 33.5 Å². The molecule has 0 aromatic rings. The summed E-state index contributed by atoms with van der Waals surface area (Å²) in [7, 11) is 0. The minimum absolute atomic E-state index is 0.00289. The SMILES string of the molecule is C[C@]12C=CC(=O)CC1=CC[C@H]1[C@@H]3C[C@@H](O)[C@](O)(C(=O)COC(=O)NC(COC(=O)CCCO[N+](=O)[O-])C(=O)O)[C@@]3(C)C[C@H](O)[C@@]12F. The zero-order valence-corrected chi connectivity index (χ0v) is 25.2. The van der Waals surface area contributed by atoms with Crippen LogP contribution >= 0.6 is 0 Å². The Morgan fingerprint density at radius 1 is 1.17 bits per heavy atom. The molecule has 1 unspecified atom stereocenters. The Balaban J connectivity index is 1.41. The number of alkyl carbamates (subject to hydrolysis) is 1. The minimum Gasteiger partial charge on any atom is -0.480 e. The number of aliphatic carboxylic acids is 1. The molecule has 16 nitrogen and oxygen atoms in total. The Kier molecular flexibility index (Phi) is 9.62. The van der Waals surface area contributed by atoms with Gasteiger partial charge in [-0.05, 0) is 44.6 Å². The number of rotatable bonds is 12. The number of allylic oxidation sites excluding steroid dienone is 4. The molecular weight excluding hydrogens is 619 g/mol. The van der Waals surface area contributed by atoms with E-state index in [1.165, 1.54) is 19.1 Å². The number of Topliss-reactive ketones (excluding diaryl/α,β-unsaturated/α-hetero) is 1. The number of hydrogen-bond acceptors (Lipinski definition) is 13. The quantitative estimate of drug-likeness (QED) is 0.0625. The van der Waals surface area contributed by atoms with Crippen molar-refractivity contribution in [2.75, 3.05) is 19.8 Å². The van der Waals surface area contributed by atoms with E-state index in [0.29, 0.717) is 5.57 Å². The molecule has 0 aromatic carbocycles. The van der Waals surface area contributed by atoms with Crippen LogP contribution in [0, 0.1) is 32.8 Å². The van der Waals surface area contributed by atoms with E-state index < -0.39 is 107 Å². The summed E-state index contributed by atoms with van der Waals surface area (Å²) in [4.78, 5) is 75.3. The smallest absolute Gasteiger partial charge is 0.408 e. The molecule has 0 aromatic heterocycles. The van der Waals surface area contributed by atoms with Crippen molar-refractivity contribution >= 4 is 29.6 Å². The molecule has 0 heterocycles. The molecule has 0 aliphatic heterocycles. The Bertz CT molecular complexity index is 1370. The zero-order chi connectivity index (χ0) is 34.2. The predicted molar refractivity (Wildman–Crippen MR) is 149 cm³/mol. The van der Waals surface area contributed by atoms with Crippen molar-refractivity contribution in [3.8, 4) is 0 Å². The first-order chi connectivity index (χ1) is 21.4. The number of ketones is 2. The molecule has 1 amide bonds. The molecule has 9 atom stereocenters. The molecule has 4 aliphatic rings. The molecule has 4 rings (SSSR count). The first kappa shape index (κ1) is 34.9. The summed E-state index contributed by atoms with van der Waals surface area (Å²) in [6.45, 7) is 0.676. The van der Waals surface area contributed by atoms with Gasteiger partial charge < -0.3 is 40.1 Å². The largest absolute Gasteiger partial charge is 0.480 e. The Morgan fingerprint density at radius 2 is 1.87 bits per heavy atom. The van der Waals surface area contributed by atoms with Crippen molar-refractivity contribution in [1.29, 1.82) is 0 Å². The van der Waals surface area contributed by atoms with Gasteiger partial charge in [0.1, 0.15) is 6.61 Å². The van der Waals surface area contributed by atoms with E-state index in [4.69, 9.17) is 9.47 Å². The summed E-state index contributed by atoms with van der Waals surface area (Å²) in [6, 6.07) is -1.82. The molecule has 17 heteroatoms. The molecule has 46 heavy (non-hydrogen) atoms. The number of fused-ring (bicyclic) bond motifs is 5. The summed E-state index contributed by atoms with van der Waals surface area (Å²) in [5.74, 6) is -5.67. The second-order valence-electron chi connectivity index (χ2n) is 12.7. The van der Waals surface area contributed by atoms with Gasteiger partial charge in [0.05, 0.1) is 18.8 Å². The minimum atomic E-state index is -2.58. The number of esters is 1. The van der Waals surface area contributed by atoms with Crippen LogP contribution in [0.1, 0.15) is 52.4 Å². The lowest BCUT2D eigenvalue weighted by atomic mass is 9.45. The highest BCUT2D eigenvalue weighted by molar-refractivity contribution is 5.94. The number of nitrogens with one attached hydrogen (secondary N) is 1. The molecule has 0 radical (unpaired) electrons. The first-order valence-corrected chi connectivity index (χ1v) is 14.7. The summed E-state index contributed by atoms with van der Waals surface area (Å²) < 4.78 is 26.8. The number of nitrogens with zero attached hydrogens (tertiary/aromatic N) is 1. The van der Waals surface area contributed by atoms with Crippen LogP contribution in [-0.4, -0.2) is 104 Å². The lowest BCUT2D eigenvalue weighted by molar-refractivity contribution is -0.757. The summed E-state index contributed by atoms with van der Waals surface area (Å²) in [5.41, 5.74) is -7.23. The van der Waals surface area contributed by atoms with Gasteiger partial charge in [0.15, 0.2) is 29.7 Å². The van der Waals surface area contributed by atoms with Crippen LogP contribution in [0.2, 0.25) is 0 Å².